The second kappa shape index (κ2) is 5.58. The fourth-order valence-electron chi connectivity index (χ4n) is 4.16. The van der Waals surface area contributed by atoms with Gasteiger partial charge in [0.05, 0.1) is 5.56 Å². The second-order valence-corrected chi connectivity index (χ2v) is 6.73. The first-order valence-electron chi connectivity index (χ1n) is 8.38. The minimum atomic E-state index is -0.376. The smallest absolute Gasteiger partial charge is 0.252 e. The molecule has 0 radical (unpaired) electrons. The zero-order chi connectivity index (χ0) is 16.8. The molecule has 1 aromatic carbocycles. The molecule has 1 fully saturated rings. The van der Waals surface area contributed by atoms with Gasteiger partial charge in [-0.1, -0.05) is 6.42 Å². The summed E-state index contributed by atoms with van der Waals surface area (Å²) in [6.45, 7) is 2.06. The van der Waals surface area contributed by atoms with Gasteiger partial charge in [-0.15, -0.1) is 0 Å². The molecule has 0 spiro atoms. The zero-order valence-electron chi connectivity index (χ0n) is 13.5. The summed E-state index contributed by atoms with van der Waals surface area (Å²) in [6, 6.07) is 8.91. The number of anilines is 1. The largest absolute Gasteiger partial charge is 0.368 e. The van der Waals surface area contributed by atoms with Crippen LogP contribution in [-0.4, -0.2) is 16.4 Å². The van der Waals surface area contributed by atoms with Gasteiger partial charge in [-0.3, -0.25) is 14.2 Å². The van der Waals surface area contributed by atoms with Crippen molar-refractivity contribution in [3.8, 4) is 0 Å². The highest BCUT2D eigenvalue weighted by molar-refractivity contribution is 6.12. The van der Waals surface area contributed by atoms with E-state index in [1.165, 1.54) is 30.3 Å². The maximum Gasteiger partial charge on any atom is 0.252 e. The number of nitrogens with one attached hydrogen (secondary N) is 1. The van der Waals surface area contributed by atoms with Crippen LogP contribution < -0.4 is 10.9 Å². The summed E-state index contributed by atoms with van der Waals surface area (Å²) in [5.74, 6) is 0.451. The quantitative estimate of drug-likeness (QED) is 0.861. The summed E-state index contributed by atoms with van der Waals surface area (Å²) in [5.41, 5.74) is 0.797. The lowest BCUT2D eigenvalue weighted by molar-refractivity contribution is 0.103. The number of aromatic nitrogens is 1. The van der Waals surface area contributed by atoms with Crippen LogP contribution in [0.5, 0.6) is 0 Å². The van der Waals surface area contributed by atoms with Gasteiger partial charge in [-0.2, -0.15) is 0 Å². The lowest BCUT2D eigenvalue weighted by atomic mass is 9.91. The molecular weight excluding hydrogens is 307 g/mol. The summed E-state index contributed by atoms with van der Waals surface area (Å²) in [7, 11) is 0. The Balaban J connectivity index is 1.82. The van der Waals surface area contributed by atoms with Crippen molar-refractivity contribution < 1.29 is 9.18 Å². The molecule has 2 heterocycles. The molecule has 3 atom stereocenters. The van der Waals surface area contributed by atoms with Gasteiger partial charge in [-0.25, -0.2) is 4.39 Å². The van der Waals surface area contributed by atoms with Crippen LogP contribution in [0.25, 0.3) is 0 Å². The Morgan fingerprint density at radius 2 is 1.92 bits per heavy atom. The maximum atomic E-state index is 13.1. The van der Waals surface area contributed by atoms with E-state index in [-0.39, 0.29) is 23.2 Å². The van der Waals surface area contributed by atoms with Crippen molar-refractivity contribution in [2.45, 2.75) is 38.3 Å². The topological polar surface area (TPSA) is 51.1 Å². The van der Waals surface area contributed by atoms with Crippen molar-refractivity contribution in [3.05, 3.63) is 63.7 Å². The highest BCUT2D eigenvalue weighted by Gasteiger charge is 2.39. The Morgan fingerprint density at radius 1 is 1.17 bits per heavy atom. The molecule has 0 bridgehead atoms. The summed E-state index contributed by atoms with van der Waals surface area (Å²) in [4.78, 5) is 25.2. The Bertz CT molecular complexity index is 857. The minimum absolute atomic E-state index is 0.0715. The van der Waals surface area contributed by atoms with Crippen LogP contribution >= 0.6 is 0 Å². The van der Waals surface area contributed by atoms with Gasteiger partial charge in [0.25, 0.3) is 5.56 Å². The van der Waals surface area contributed by atoms with Gasteiger partial charge < -0.3 is 5.32 Å². The number of nitrogens with zero attached hydrogens (tertiary/aromatic N) is 1. The fraction of sp³-hybridized carbons (Fsp3) is 0.368. The molecule has 24 heavy (non-hydrogen) atoms. The van der Waals surface area contributed by atoms with Gasteiger partial charge >= 0.3 is 0 Å². The number of rotatable bonds is 2. The molecule has 124 valence electrons. The second-order valence-electron chi connectivity index (χ2n) is 6.73. The molecule has 5 heteroatoms. The van der Waals surface area contributed by atoms with Crippen LogP contribution in [0.1, 0.15) is 48.1 Å². The third kappa shape index (κ3) is 2.27. The Labute approximate surface area is 139 Å². The molecule has 4 nitrogen and oxygen atoms in total. The minimum Gasteiger partial charge on any atom is -0.368 e. The molecule has 0 amide bonds. The summed E-state index contributed by atoms with van der Waals surface area (Å²) in [6.07, 6.45) is 3.29. The number of halogens is 1. The van der Waals surface area contributed by atoms with E-state index in [4.69, 9.17) is 0 Å². The van der Waals surface area contributed by atoms with E-state index in [1.807, 2.05) is 0 Å². The van der Waals surface area contributed by atoms with Crippen LogP contribution in [-0.2, 0) is 0 Å². The molecule has 2 aliphatic rings. The Kier molecular flexibility index (Phi) is 3.52. The summed E-state index contributed by atoms with van der Waals surface area (Å²) < 4.78 is 14.8. The van der Waals surface area contributed by atoms with Gasteiger partial charge in [0, 0.05) is 23.7 Å². The van der Waals surface area contributed by atoms with E-state index in [9.17, 15) is 14.0 Å². The third-order valence-corrected chi connectivity index (χ3v) is 5.40. The normalized spacial score (nSPS) is 24.8. The molecule has 1 aliphatic heterocycles. The van der Waals surface area contributed by atoms with Crippen LogP contribution in [0, 0.1) is 11.7 Å². The molecule has 0 saturated heterocycles. The number of carbonyl (C=O) groups is 1. The van der Waals surface area contributed by atoms with Gasteiger partial charge in [0.15, 0.2) is 5.78 Å². The first-order chi connectivity index (χ1) is 11.6. The zero-order valence-corrected chi connectivity index (χ0v) is 13.5. The number of carbonyl (C=O) groups excluding carboxylic acids is 1. The molecule has 3 unspecified atom stereocenters. The number of pyridine rings is 1. The first kappa shape index (κ1) is 15.1. The molecule has 1 N–H and O–H groups in total. The van der Waals surface area contributed by atoms with Gasteiger partial charge in [0.2, 0.25) is 0 Å². The number of ketones is 1. The molecule has 1 aromatic heterocycles. The lowest BCUT2D eigenvalue weighted by Crippen LogP contribution is -2.42. The van der Waals surface area contributed by atoms with Crippen molar-refractivity contribution in [3.63, 3.8) is 0 Å². The summed E-state index contributed by atoms with van der Waals surface area (Å²) >= 11 is 0. The van der Waals surface area contributed by atoms with E-state index < -0.39 is 0 Å². The number of hydrogen-bond acceptors (Lipinski definition) is 3. The standard InChI is InChI=1S/C19H19FN2O2/c1-11-14-3-2-4-16(14)21-19-15(9-10-17(23)22(11)19)18(24)12-5-7-13(20)8-6-12/h5-11,14,16,21H,2-4H2,1H3. The Morgan fingerprint density at radius 3 is 2.67 bits per heavy atom. The highest BCUT2D eigenvalue weighted by atomic mass is 19.1. The van der Waals surface area contributed by atoms with Crippen LogP contribution in [0.4, 0.5) is 10.2 Å². The molecule has 1 aliphatic carbocycles. The van der Waals surface area contributed by atoms with Crippen molar-refractivity contribution in [1.29, 1.82) is 0 Å². The SMILES string of the molecule is CC1C2CCCC2Nc2c(C(=O)c3ccc(F)cc3)ccc(=O)n21. The maximum absolute atomic E-state index is 13.1. The number of hydrogen-bond donors (Lipinski definition) is 1. The van der Waals surface area contributed by atoms with Crippen LogP contribution in [0.3, 0.4) is 0 Å². The van der Waals surface area contributed by atoms with Crippen molar-refractivity contribution in [2.75, 3.05) is 5.32 Å². The highest BCUT2D eigenvalue weighted by Crippen LogP contribution is 2.41. The molecule has 2 aromatic rings. The molecular formula is C19H19FN2O2. The molecule has 4 rings (SSSR count). The predicted molar refractivity (Wildman–Crippen MR) is 90.0 cm³/mol. The van der Waals surface area contributed by atoms with Crippen LogP contribution in [0.2, 0.25) is 0 Å². The van der Waals surface area contributed by atoms with E-state index in [1.54, 1.807) is 10.6 Å². The van der Waals surface area contributed by atoms with Crippen molar-refractivity contribution in [2.24, 2.45) is 5.92 Å². The average molecular weight is 326 g/mol. The molecule has 1 saturated carbocycles. The predicted octanol–water partition coefficient (Wildman–Crippen LogP) is 3.37. The van der Waals surface area contributed by atoms with E-state index >= 15 is 0 Å². The number of fused-ring (bicyclic) bond motifs is 2. The van der Waals surface area contributed by atoms with Gasteiger partial charge in [0.1, 0.15) is 11.6 Å². The van der Waals surface area contributed by atoms with Crippen LogP contribution in [0.15, 0.2) is 41.2 Å². The van der Waals surface area contributed by atoms with Crippen molar-refractivity contribution in [1.82, 2.24) is 4.57 Å². The van der Waals surface area contributed by atoms with E-state index in [0.29, 0.717) is 28.9 Å². The fourth-order valence-corrected chi connectivity index (χ4v) is 4.16. The third-order valence-electron chi connectivity index (χ3n) is 5.40. The average Bonchev–Trinajstić information content (AvgIpc) is 3.04. The number of benzene rings is 1. The summed E-state index contributed by atoms with van der Waals surface area (Å²) in [5, 5.41) is 3.43. The monoisotopic (exact) mass is 326 g/mol. The van der Waals surface area contributed by atoms with Crippen molar-refractivity contribution >= 4 is 11.6 Å². The lowest BCUT2D eigenvalue weighted by Gasteiger charge is -2.37. The Hall–Kier alpha value is -2.43. The van der Waals surface area contributed by atoms with E-state index in [2.05, 4.69) is 12.2 Å². The van der Waals surface area contributed by atoms with E-state index in [0.717, 1.165) is 19.3 Å². The van der Waals surface area contributed by atoms with Gasteiger partial charge in [-0.05, 0) is 56.0 Å². The first-order valence-corrected chi connectivity index (χ1v) is 8.38.